The number of nitrogens with zero attached hydrogens (tertiary/aromatic N) is 2. The van der Waals surface area contributed by atoms with Crippen molar-refractivity contribution in [1.82, 2.24) is 4.90 Å². The summed E-state index contributed by atoms with van der Waals surface area (Å²) < 4.78 is 4.70. The monoisotopic (exact) mass is 504 g/mol. The van der Waals surface area contributed by atoms with Gasteiger partial charge in [-0.1, -0.05) is 54.1 Å². The topological polar surface area (TPSA) is 84.0 Å². The molecule has 1 atom stereocenters. The van der Waals surface area contributed by atoms with Gasteiger partial charge < -0.3 is 9.64 Å². The molecule has 0 aliphatic carbocycles. The predicted octanol–water partition coefficient (Wildman–Crippen LogP) is 4.07. The molecule has 0 aromatic heterocycles. The van der Waals surface area contributed by atoms with Crippen molar-refractivity contribution >= 4 is 41.0 Å². The minimum atomic E-state index is -0.923. The lowest BCUT2D eigenvalue weighted by Crippen LogP contribution is -2.47. The molecule has 184 valence electrons. The number of amides is 3. The number of ether oxygens (including phenoxy) is 1. The maximum absolute atomic E-state index is 13.5. The zero-order valence-electron chi connectivity index (χ0n) is 19.7. The molecule has 1 fully saturated rings. The zero-order valence-corrected chi connectivity index (χ0v) is 20.5. The zero-order chi connectivity index (χ0) is 25.7. The van der Waals surface area contributed by atoms with Gasteiger partial charge in [-0.15, -0.1) is 0 Å². The van der Waals surface area contributed by atoms with Crippen LogP contribution in [0.4, 0.5) is 5.69 Å². The van der Waals surface area contributed by atoms with E-state index in [4.69, 9.17) is 16.3 Å². The Kier molecular flexibility index (Phi) is 7.80. The molecule has 1 aliphatic heterocycles. The molecule has 3 amide bonds. The Morgan fingerprint density at radius 2 is 1.67 bits per heavy atom. The normalized spacial score (nSPS) is 15.2. The van der Waals surface area contributed by atoms with Gasteiger partial charge in [0.25, 0.3) is 5.91 Å². The minimum absolute atomic E-state index is 0.113. The second-order valence-electron chi connectivity index (χ2n) is 8.46. The molecule has 0 saturated carbocycles. The van der Waals surface area contributed by atoms with Crippen molar-refractivity contribution in [2.75, 3.05) is 18.6 Å². The molecule has 0 bridgehead atoms. The van der Waals surface area contributed by atoms with Crippen molar-refractivity contribution in [1.29, 1.82) is 0 Å². The van der Waals surface area contributed by atoms with E-state index in [0.29, 0.717) is 22.7 Å². The number of hydrogen-bond acceptors (Lipinski definition) is 5. The predicted molar refractivity (Wildman–Crippen MR) is 136 cm³/mol. The SMILES string of the molecule is COC(=O)c1ccc(N2C(=O)CC(N(CCc3cccc(Cl)c3)C(=O)Cc3ccccc3)C2=O)cc1. The minimum Gasteiger partial charge on any atom is -0.465 e. The van der Waals surface area contributed by atoms with Gasteiger partial charge in [-0.3, -0.25) is 14.4 Å². The van der Waals surface area contributed by atoms with Crippen LogP contribution in [0.2, 0.25) is 5.02 Å². The van der Waals surface area contributed by atoms with Gasteiger partial charge in [-0.2, -0.15) is 0 Å². The fourth-order valence-corrected chi connectivity index (χ4v) is 4.48. The average Bonchev–Trinajstić information content (AvgIpc) is 3.17. The van der Waals surface area contributed by atoms with Gasteiger partial charge in [-0.25, -0.2) is 9.69 Å². The molecular formula is C28H25ClN2O5. The highest BCUT2D eigenvalue weighted by Crippen LogP contribution is 2.27. The summed E-state index contributed by atoms with van der Waals surface area (Å²) in [6, 6.07) is 21.7. The van der Waals surface area contributed by atoms with Crippen LogP contribution in [0.5, 0.6) is 0 Å². The van der Waals surface area contributed by atoms with E-state index >= 15 is 0 Å². The van der Waals surface area contributed by atoms with Crippen molar-refractivity contribution in [2.45, 2.75) is 25.3 Å². The summed E-state index contributed by atoms with van der Waals surface area (Å²) in [5.74, 6) is -1.64. The first-order chi connectivity index (χ1) is 17.4. The summed E-state index contributed by atoms with van der Waals surface area (Å²) in [5.41, 5.74) is 2.39. The second kappa shape index (κ2) is 11.2. The van der Waals surface area contributed by atoms with Gasteiger partial charge >= 0.3 is 5.97 Å². The Morgan fingerprint density at radius 1 is 0.972 bits per heavy atom. The highest BCUT2D eigenvalue weighted by molar-refractivity contribution is 6.30. The van der Waals surface area contributed by atoms with Crippen LogP contribution in [0, 0.1) is 0 Å². The largest absolute Gasteiger partial charge is 0.465 e. The van der Waals surface area contributed by atoms with E-state index in [0.717, 1.165) is 16.0 Å². The van der Waals surface area contributed by atoms with E-state index in [1.165, 1.54) is 36.3 Å². The van der Waals surface area contributed by atoms with E-state index in [-0.39, 0.29) is 25.3 Å². The molecule has 0 N–H and O–H groups in total. The number of rotatable bonds is 8. The number of esters is 1. The van der Waals surface area contributed by atoms with Crippen LogP contribution in [0.1, 0.15) is 27.9 Å². The molecule has 1 saturated heterocycles. The molecule has 0 radical (unpaired) electrons. The number of hydrogen-bond donors (Lipinski definition) is 0. The maximum atomic E-state index is 13.5. The maximum Gasteiger partial charge on any atom is 0.337 e. The first kappa shape index (κ1) is 25.1. The van der Waals surface area contributed by atoms with Crippen LogP contribution < -0.4 is 4.90 Å². The van der Waals surface area contributed by atoms with Crippen molar-refractivity contribution in [3.63, 3.8) is 0 Å². The summed E-state index contributed by atoms with van der Waals surface area (Å²) >= 11 is 6.11. The molecule has 4 rings (SSSR count). The number of anilines is 1. The Morgan fingerprint density at radius 3 is 2.33 bits per heavy atom. The van der Waals surface area contributed by atoms with Crippen LogP contribution in [0.15, 0.2) is 78.9 Å². The summed E-state index contributed by atoms with van der Waals surface area (Å²) in [4.78, 5) is 54.1. The highest BCUT2D eigenvalue weighted by atomic mass is 35.5. The smallest absolute Gasteiger partial charge is 0.337 e. The van der Waals surface area contributed by atoms with Crippen LogP contribution in [-0.2, 0) is 32.0 Å². The third-order valence-corrected chi connectivity index (χ3v) is 6.33. The van der Waals surface area contributed by atoms with Crippen LogP contribution in [0.25, 0.3) is 0 Å². The molecule has 1 heterocycles. The summed E-state index contributed by atoms with van der Waals surface area (Å²) in [5, 5.41) is 0.586. The molecular weight excluding hydrogens is 480 g/mol. The lowest BCUT2D eigenvalue weighted by Gasteiger charge is -2.28. The molecule has 8 heteroatoms. The number of methoxy groups -OCH3 is 1. The lowest BCUT2D eigenvalue weighted by molar-refractivity contribution is -0.137. The van der Waals surface area contributed by atoms with Crippen LogP contribution in [-0.4, -0.2) is 48.3 Å². The highest BCUT2D eigenvalue weighted by Gasteiger charge is 2.44. The lowest BCUT2D eigenvalue weighted by atomic mass is 10.1. The third kappa shape index (κ3) is 5.63. The Hall–Kier alpha value is -3.97. The third-order valence-electron chi connectivity index (χ3n) is 6.09. The first-order valence-electron chi connectivity index (χ1n) is 11.5. The van der Waals surface area contributed by atoms with Crippen molar-refractivity contribution in [2.24, 2.45) is 0 Å². The van der Waals surface area contributed by atoms with Crippen molar-refractivity contribution < 1.29 is 23.9 Å². The van der Waals surface area contributed by atoms with Gasteiger partial charge in [-0.05, 0) is 53.9 Å². The van der Waals surface area contributed by atoms with Gasteiger partial charge in [0.1, 0.15) is 6.04 Å². The van der Waals surface area contributed by atoms with E-state index in [9.17, 15) is 19.2 Å². The average molecular weight is 505 g/mol. The number of benzene rings is 3. The quantitative estimate of drug-likeness (QED) is 0.341. The van der Waals surface area contributed by atoms with E-state index in [1.54, 1.807) is 6.07 Å². The van der Waals surface area contributed by atoms with Gasteiger partial charge in [0.2, 0.25) is 11.8 Å². The Balaban J connectivity index is 1.57. The van der Waals surface area contributed by atoms with Gasteiger partial charge in [0.05, 0.1) is 31.2 Å². The number of carbonyl (C=O) groups excluding carboxylic acids is 4. The van der Waals surface area contributed by atoms with Gasteiger partial charge in [0, 0.05) is 11.6 Å². The first-order valence-corrected chi connectivity index (χ1v) is 11.9. The molecule has 1 unspecified atom stereocenters. The Labute approximate surface area is 214 Å². The standard InChI is InChI=1S/C28H25ClN2O5/c1-36-28(35)21-10-12-23(13-11-21)31-26(33)18-24(27(31)34)30(15-14-20-8-5-9-22(29)16-20)25(32)17-19-6-3-2-4-7-19/h2-13,16,24H,14-15,17-18H2,1H3. The summed E-state index contributed by atoms with van der Waals surface area (Å²) in [7, 11) is 1.28. The number of imide groups is 1. The molecule has 0 spiro atoms. The van der Waals surface area contributed by atoms with Crippen LogP contribution in [0.3, 0.4) is 0 Å². The second-order valence-corrected chi connectivity index (χ2v) is 8.89. The molecule has 36 heavy (non-hydrogen) atoms. The van der Waals surface area contributed by atoms with Crippen molar-refractivity contribution in [3.05, 3.63) is 101 Å². The van der Waals surface area contributed by atoms with Gasteiger partial charge in [0.15, 0.2) is 0 Å². The van der Waals surface area contributed by atoms with E-state index in [1.807, 2.05) is 48.5 Å². The number of halogens is 1. The molecule has 1 aliphatic rings. The van der Waals surface area contributed by atoms with Crippen LogP contribution >= 0.6 is 11.6 Å². The van der Waals surface area contributed by atoms with Crippen molar-refractivity contribution in [3.8, 4) is 0 Å². The summed E-state index contributed by atoms with van der Waals surface area (Å²) in [6.07, 6.45) is 0.475. The summed E-state index contributed by atoms with van der Waals surface area (Å²) in [6.45, 7) is 0.255. The number of carbonyl (C=O) groups is 4. The van der Waals surface area contributed by atoms with E-state index < -0.39 is 23.8 Å². The molecule has 3 aromatic rings. The fourth-order valence-electron chi connectivity index (χ4n) is 4.26. The fraction of sp³-hybridized carbons (Fsp3) is 0.214. The van der Waals surface area contributed by atoms with E-state index in [2.05, 4.69) is 0 Å². The molecule has 3 aromatic carbocycles. The Bertz CT molecular complexity index is 1280. The molecule has 7 nitrogen and oxygen atoms in total.